The second kappa shape index (κ2) is 4.13. The SMILES string of the molecule is Cc1ccc(C(C)Nc2cccnn2)o1. The van der Waals surface area contributed by atoms with E-state index in [0.717, 1.165) is 17.3 Å². The van der Waals surface area contributed by atoms with E-state index < -0.39 is 0 Å². The van der Waals surface area contributed by atoms with Crippen LogP contribution in [0.5, 0.6) is 0 Å². The van der Waals surface area contributed by atoms with E-state index in [-0.39, 0.29) is 6.04 Å². The molecule has 0 aliphatic carbocycles. The Morgan fingerprint density at radius 1 is 1.33 bits per heavy atom. The van der Waals surface area contributed by atoms with E-state index in [0.29, 0.717) is 0 Å². The number of aromatic nitrogens is 2. The van der Waals surface area contributed by atoms with Gasteiger partial charge in [-0.1, -0.05) is 0 Å². The third kappa shape index (κ3) is 2.34. The van der Waals surface area contributed by atoms with Gasteiger partial charge >= 0.3 is 0 Å². The fraction of sp³-hybridized carbons (Fsp3) is 0.273. The largest absolute Gasteiger partial charge is 0.464 e. The smallest absolute Gasteiger partial charge is 0.149 e. The van der Waals surface area contributed by atoms with Gasteiger partial charge < -0.3 is 9.73 Å². The molecule has 0 aliphatic heterocycles. The number of aryl methyl sites for hydroxylation is 1. The van der Waals surface area contributed by atoms with Gasteiger partial charge in [0.25, 0.3) is 0 Å². The molecule has 1 unspecified atom stereocenters. The summed E-state index contributed by atoms with van der Waals surface area (Å²) in [7, 11) is 0. The van der Waals surface area contributed by atoms with E-state index in [9.17, 15) is 0 Å². The molecule has 2 heterocycles. The van der Waals surface area contributed by atoms with E-state index in [1.807, 2.05) is 38.1 Å². The Kier molecular flexibility index (Phi) is 2.67. The zero-order valence-electron chi connectivity index (χ0n) is 8.77. The summed E-state index contributed by atoms with van der Waals surface area (Å²) in [5, 5.41) is 10.9. The van der Waals surface area contributed by atoms with Crippen LogP contribution in [0.25, 0.3) is 0 Å². The fourth-order valence-corrected chi connectivity index (χ4v) is 1.36. The standard InChI is InChI=1S/C11H13N3O/c1-8-5-6-10(15-8)9(2)13-11-4-3-7-12-14-11/h3-7,9H,1-2H3,(H,13,14). The number of rotatable bonds is 3. The number of nitrogens with one attached hydrogen (secondary N) is 1. The number of hydrogen-bond donors (Lipinski definition) is 1. The van der Waals surface area contributed by atoms with Gasteiger partial charge in [0.05, 0.1) is 6.04 Å². The summed E-state index contributed by atoms with van der Waals surface area (Å²) in [6, 6.07) is 7.72. The molecule has 15 heavy (non-hydrogen) atoms. The minimum absolute atomic E-state index is 0.0930. The van der Waals surface area contributed by atoms with Crippen LogP contribution in [0.15, 0.2) is 34.9 Å². The predicted octanol–water partition coefficient (Wildman–Crippen LogP) is 2.55. The van der Waals surface area contributed by atoms with Crippen LogP contribution < -0.4 is 5.32 Å². The molecule has 0 saturated heterocycles. The van der Waals surface area contributed by atoms with Gasteiger partial charge in [-0.25, -0.2) is 0 Å². The lowest BCUT2D eigenvalue weighted by Gasteiger charge is -2.10. The van der Waals surface area contributed by atoms with Crippen molar-refractivity contribution in [2.75, 3.05) is 5.32 Å². The Hall–Kier alpha value is -1.84. The minimum atomic E-state index is 0.0930. The normalized spacial score (nSPS) is 12.4. The molecule has 0 aliphatic rings. The van der Waals surface area contributed by atoms with Crippen LogP contribution in [0.2, 0.25) is 0 Å². The molecular weight excluding hydrogens is 190 g/mol. The summed E-state index contributed by atoms with van der Waals surface area (Å²) in [4.78, 5) is 0. The molecule has 0 aromatic carbocycles. The summed E-state index contributed by atoms with van der Waals surface area (Å²) in [5.41, 5.74) is 0. The zero-order chi connectivity index (χ0) is 10.7. The topological polar surface area (TPSA) is 51.0 Å². The van der Waals surface area contributed by atoms with Crippen LogP contribution in [-0.2, 0) is 0 Å². The zero-order valence-corrected chi connectivity index (χ0v) is 8.77. The van der Waals surface area contributed by atoms with Gasteiger partial charge in [0.1, 0.15) is 17.3 Å². The van der Waals surface area contributed by atoms with Gasteiger partial charge in [0, 0.05) is 6.20 Å². The Bertz CT molecular complexity index is 424. The Balaban J connectivity index is 2.07. The number of anilines is 1. The highest BCUT2D eigenvalue weighted by atomic mass is 16.3. The van der Waals surface area contributed by atoms with Gasteiger partial charge in [-0.05, 0) is 38.1 Å². The fourth-order valence-electron chi connectivity index (χ4n) is 1.36. The van der Waals surface area contributed by atoms with Crippen molar-refractivity contribution in [3.63, 3.8) is 0 Å². The van der Waals surface area contributed by atoms with E-state index in [4.69, 9.17) is 4.42 Å². The molecule has 2 aromatic heterocycles. The quantitative estimate of drug-likeness (QED) is 0.832. The number of nitrogens with zero attached hydrogens (tertiary/aromatic N) is 2. The van der Waals surface area contributed by atoms with Crippen molar-refractivity contribution in [2.24, 2.45) is 0 Å². The van der Waals surface area contributed by atoms with Crippen LogP contribution in [0.1, 0.15) is 24.5 Å². The van der Waals surface area contributed by atoms with E-state index in [1.54, 1.807) is 6.20 Å². The molecule has 0 fully saturated rings. The van der Waals surface area contributed by atoms with Gasteiger partial charge in [-0.3, -0.25) is 0 Å². The second-order valence-electron chi connectivity index (χ2n) is 3.42. The van der Waals surface area contributed by atoms with Crippen molar-refractivity contribution in [2.45, 2.75) is 19.9 Å². The van der Waals surface area contributed by atoms with Gasteiger partial charge in [0.2, 0.25) is 0 Å². The summed E-state index contributed by atoms with van der Waals surface area (Å²) in [6.07, 6.45) is 1.65. The molecule has 2 rings (SSSR count). The Labute approximate surface area is 88.3 Å². The highest BCUT2D eigenvalue weighted by Gasteiger charge is 2.09. The lowest BCUT2D eigenvalue weighted by molar-refractivity contribution is 0.466. The maximum Gasteiger partial charge on any atom is 0.149 e. The van der Waals surface area contributed by atoms with Gasteiger partial charge in [0.15, 0.2) is 0 Å². The molecule has 1 N–H and O–H groups in total. The molecule has 0 radical (unpaired) electrons. The summed E-state index contributed by atoms with van der Waals surface area (Å²) in [5.74, 6) is 2.56. The van der Waals surface area contributed by atoms with Crippen molar-refractivity contribution in [1.82, 2.24) is 10.2 Å². The monoisotopic (exact) mass is 203 g/mol. The van der Waals surface area contributed by atoms with Crippen molar-refractivity contribution in [1.29, 1.82) is 0 Å². The second-order valence-corrected chi connectivity index (χ2v) is 3.42. The van der Waals surface area contributed by atoms with Crippen LogP contribution in [0.4, 0.5) is 5.82 Å². The highest BCUT2D eigenvalue weighted by molar-refractivity contribution is 5.34. The average Bonchev–Trinajstić information content (AvgIpc) is 2.66. The molecule has 2 aromatic rings. The minimum Gasteiger partial charge on any atom is -0.464 e. The maximum absolute atomic E-state index is 5.51. The van der Waals surface area contributed by atoms with E-state index in [2.05, 4.69) is 15.5 Å². The first-order valence-electron chi connectivity index (χ1n) is 4.86. The molecule has 4 heteroatoms. The predicted molar refractivity (Wildman–Crippen MR) is 57.5 cm³/mol. The van der Waals surface area contributed by atoms with Crippen LogP contribution in [0, 0.1) is 6.92 Å². The van der Waals surface area contributed by atoms with Gasteiger partial charge in [-0.15, -0.1) is 5.10 Å². The van der Waals surface area contributed by atoms with Crippen LogP contribution in [0.3, 0.4) is 0 Å². The third-order valence-electron chi connectivity index (χ3n) is 2.12. The molecule has 78 valence electrons. The van der Waals surface area contributed by atoms with Crippen molar-refractivity contribution in [3.8, 4) is 0 Å². The molecule has 0 amide bonds. The van der Waals surface area contributed by atoms with E-state index >= 15 is 0 Å². The lowest BCUT2D eigenvalue weighted by atomic mass is 10.2. The number of hydrogen-bond acceptors (Lipinski definition) is 4. The van der Waals surface area contributed by atoms with Gasteiger partial charge in [-0.2, -0.15) is 5.10 Å². The first kappa shape index (κ1) is 9.71. The van der Waals surface area contributed by atoms with E-state index in [1.165, 1.54) is 0 Å². The van der Waals surface area contributed by atoms with Crippen molar-refractivity contribution < 1.29 is 4.42 Å². The first-order chi connectivity index (χ1) is 7.25. The first-order valence-corrected chi connectivity index (χ1v) is 4.86. The molecule has 4 nitrogen and oxygen atoms in total. The van der Waals surface area contributed by atoms with Crippen molar-refractivity contribution in [3.05, 3.63) is 42.0 Å². The van der Waals surface area contributed by atoms with Crippen LogP contribution in [-0.4, -0.2) is 10.2 Å². The lowest BCUT2D eigenvalue weighted by Crippen LogP contribution is -2.07. The maximum atomic E-state index is 5.51. The molecule has 0 saturated carbocycles. The molecular formula is C11H13N3O. The highest BCUT2D eigenvalue weighted by Crippen LogP contribution is 2.19. The van der Waals surface area contributed by atoms with Crippen LogP contribution >= 0.6 is 0 Å². The molecule has 0 bridgehead atoms. The third-order valence-corrected chi connectivity index (χ3v) is 2.12. The Morgan fingerprint density at radius 3 is 2.80 bits per heavy atom. The average molecular weight is 203 g/mol. The number of furan rings is 1. The molecule has 1 atom stereocenters. The molecule has 0 spiro atoms. The Morgan fingerprint density at radius 2 is 2.20 bits per heavy atom. The van der Waals surface area contributed by atoms with Crippen molar-refractivity contribution >= 4 is 5.82 Å². The summed E-state index contributed by atoms with van der Waals surface area (Å²) in [6.45, 7) is 3.95. The summed E-state index contributed by atoms with van der Waals surface area (Å²) >= 11 is 0. The summed E-state index contributed by atoms with van der Waals surface area (Å²) < 4.78 is 5.51.